The summed E-state index contributed by atoms with van der Waals surface area (Å²) in [7, 11) is 0. The fourth-order valence-corrected chi connectivity index (χ4v) is 3.05. The highest BCUT2D eigenvalue weighted by molar-refractivity contribution is 5.74. The molecule has 1 fully saturated rings. The molecule has 23 heavy (non-hydrogen) atoms. The molecule has 5 heteroatoms. The molecule has 1 aromatic carbocycles. The van der Waals surface area contributed by atoms with Crippen LogP contribution in [0.15, 0.2) is 30.3 Å². The Morgan fingerprint density at radius 3 is 2.78 bits per heavy atom. The number of carbonyl (C=O) groups excluding carboxylic acids is 1. The van der Waals surface area contributed by atoms with E-state index in [9.17, 15) is 9.90 Å². The number of nitrogens with one attached hydrogen (secondary N) is 2. The Bertz CT molecular complexity index is 478. The fraction of sp³-hybridized carbons (Fsp3) is 0.611. The molecule has 1 aromatic rings. The summed E-state index contributed by atoms with van der Waals surface area (Å²) in [5.74, 6) is 0.426. The molecule has 1 saturated heterocycles. The Balaban J connectivity index is 1.72. The summed E-state index contributed by atoms with van der Waals surface area (Å²) >= 11 is 0. The third-order valence-corrected chi connectivity index (χ3v) is 4.40. The Kier molecular flexibility index (Phi) is 6.86. The van der Waals surface area contributed by atoms with Crippen LogP contribution in [0.5, 0.6) is 0 Å². The number of nitrogens with zero attached hydrogens (tertiary/aromatic N) is 1. The monoisotopic (exact) mass is 319 g/mol. The molecule has 2 rings (SSSR count). The molecule has 0 aliphatic carbocycles. The summed E-state index contributed by atoms with van der Waals surface area (Å²) in [6.45, 7) is 7.39. The summed E-state index contributed by atoms with van der Waals surface area (Å²) in [4.78, 5) is 14.3. The van der Waals surface area contributed by atoms with Crippen LogP contribution in [-0.4, -0.2) is 47.8 Å². The van der Waals surface area contributed by atoms with E-state index in [-0.39, 0.29) is 18.2 Å². The van der Waals surface area contributed by atoms with Crippen LogP contribution in [0.4, 0.5) is 4.79 Å². The average Bonchev–Trinajstić information content (AvgIpc) is 2.51. The molecular formula is C18H29N3O2. The summed E-state index contributed by atoms with van der Waals surface area (Å²) < 4.78 is 0. The molecule has 0 spiro atoms. The first-order chi connectivity index (χ1) is 11.0. The predicted octanol–water partition coefficient (Wildman–Crippen LogP) is 1.97. The van der Waals surface area contributed by atoms with Crippen molar-refractivity contribution in [3.8, 4) is 0 Å². The van der Waals surface area contributed by atoms with Gasteiger partial charge >= 0.3 is 6.03 Å². The average molecular weight is 319 g/mol. The minimum absolute atomic E-state index is 0.126. The van der Waals surface area contributed by atoms with Gasteiger partial charge in [0.2, 0.25) is 0 Å². The minimum atomic E-state index is -0.379. The molecule has 5 nitrogen and oxygen atoms in total. The van der Waals surface area contributed by atoms with Crippen LogP contribution in [0, 0.1) is 5.92 Å². The number of carbonyl (C=O) groups is 1. The lowest BCUT2D eigenvalue weighted by Crippen LogP contribution is -2.52. The number of urea groups is 1. The molecule has 0 radical (unpaired) electrons. The van der Waals surface area contributed by atoms with Gasteiger partial charge in [-0.2, -0.15) is 0 Å². The van der Waals surface area contributed by atoms with Crippen LogP contribution < -0.4 is 10.6 Å². The van der Waals surface area contributed by atoms with Gasteiger partial charge < -0.3 is 15.7 Å². The molecule has 3 atom stereocenters. The van der Waals surface area contributed by atoms with Gasteiger partial charge in [-0.25, -0.2) is 4.79 Å². The van der Waals surface area contributed by atoms with Crippen molar-refractivity contribution in [2.75, 3.05) is 19.6 Å². The van der Waals surface area contributed by atoms with Crippen LogP contribution in [0.1, 0.15) is 32.3 Å². The Labute approximate surface area is 139 Å². The lowest BCUT2D eigenvalue weighted by Gasteiger charge is -2.37. The maximum absolute atomic E-state index is 11.9. The van der Waals surface area contributed by atoms with Crippen LogP contribution in [-0.2, 0) is 6.54 Å². The molecular weight excluding hydrogens is 290 g/mol. The van der Waals surface area contributed by atoms with Crippen LogP contribution >= 0.6 is 0 Å². The van der Waals surface area contributed by atoms with Crippen molar-refractivity contribution < 1.29 is 9.90 Å². The highest BCUT2D eigenvalue weighted by Crippen LogP contribution is 2.18. The van der Waals surface area contributed by atoms with Crippen molar-refractivity contribution in [2.24, 2.45) is 5.92 Å². The van der Waals surface area contributed by atoms with E-state index in [1.807, 2.05) is 6.07 Å². The van der Waals surface area contributed by atoms with Crippen molar-refractivity contribution in [1.82, 2.24) is 15.5 Å². The number of aliphatic hydroxyl groups is 1. The topological polar surface area (TPSA) is 64.6 Å². The molecule has 0 bridgehead atoms. The molecule has 0 saturated carbocycles. The third-order valence-electron chi connectivity index (χ3n) is 4.40. The van der Waals surface area contributed by atoms with Gasteiger partial charge in [-0.1, -0.05) is 37.3 Å². The highest BCUT2D eigenvalue weighted by atomic mass is 16.3. The second kappa shape index (κ2) is 8.89. The van der Waals surface area contributed by atoms with Crippen molar-refractivity contribution in [3.63, 3.8) is 0 Å². The van der Waals surface area contributed by atoms with Crippen molar-refractivity contribution in [2.45, 2.75) is 45.4 Å². The molecule has 0 aromatic heterocycles. The maximum Gasteiger partial charge on any atom is 0.315 e. The number of hydrogen-bond acceptors (Lipinski definition) is 3. The van der Waals surface area contributed by atoms with Gasteiger partial charge in [0, 0.05) is 32.2 Å². The number of aliphatic hydroxyl groups excluding tert-OH is 1. The number of benzene rings is 1. The quantitative estimate of drug-likeness (QED) is 0.751. The Morgan fingerprint density at radius 1 is 1.39 bits per heavy atom. The van der Waals surface area contributed by atoms with Gasteiger partial charge in [0.25, 0.3) is 0 Å². The molecule has 1 aliphatic heterocycles. The number of hydrogen-bond donors (Lipinski definition) is 3. The first-order valence-corrected chi connectivity index (χ1v) is 8.53. The zero-order chi connectivity index (χ0) is 16.7. The number of rotatable bonds is 6. The summed E-state index contributed by atoms with van der Waals surface area (Å²) in [5, 5.41) is 15.1. The van der Waals surface area contributed by atoms with E-state index >= 15 is 0 Å². The van der Waals surface area contributed by atoms with E-state index in [0.29, 0.717) is 18.9 Å². The summed E-state index contributed by atoms with van der Waals surface area (Å²) in [5.41, 5.74) is 1.34. The van der Waals surface area contributed by atoms with Crippen molar-refractivity contribution in [3.05, 3.63) is 35.9 Å². The third kappa shape index (κ3) is 6.20. The van der Waals surface area contributed by atoms with Crippen LogP contribution in [0.3, 0.4) is 0 Å². The summed E-state index contributed by atoms with van der Waals surface area (Å²) in [6, 6.07) is 10.6. The number of piperidine rings is 1. The molecule has 3 unspecified atom stereocenters. The zero-order valence-corrected chi connectivity index (χ0v) is 14.2. The van der Waals surface area contributed by atoms with Crippen molar-refractivity contribution in [1.29, 1.82) is 0 Å². The fourth-order valence-electron chi connectivity index (χ4n) is 3.05. The lowest BCUT2D eigenvalue weighted by atomic mass is 9.93. The molecule has 3 N–H and O–H groups in total. The van der Waals surface area contributed by atoms with E-state index in [0.717, 1.165) is 26.1 Å². The minimum Gasteiger partial charge on any atom is -0.393 e. The second-order valence-corrected chi connectivity index (χ2v) is 6.63. The molecule has 128 valence electrons. The normalized spacial score (nSPS) is 23.3. The van der Waals surface area contributed by atoms with Gasteiger partial charge in [0.05, 0.1) is 6.10 Å². The largest absolute Gasteiger partial charge is 0.393 e. The first-order valence-electron chi connectivity index (χ1n) is 8.53. The van der Waals surface area contributed by atoms with E-state index in [1.54, 1.807) is 6.92 Å². The van der Waals surface area contributed by atoms with Gasteiger partial charge in [-0.15, -0.1) is 0 Å². The first kappa shape index (κ1) is 17.8. The maximum atomic E-state index is 11.9. The van der Waals surface area contributed by atoms with Gasteiger partial charge in [-0.05, 0) is 31.2 Å². The Morgan fingerprint density at radius 2 is 2.13 bits per heavy atom. The molecule has 1 heterocycles. The lowest BCUT2D eigenvalue weighted by molar-refractivity contribution is 0.141. The predicted molar refractivity (Wildman–Crippen MR) is 92.1 cm³/mol. The molecule has 2 amide bonds. The second-order valence-electron chi connectivity index (χ2n) is 6.63. The van der Waals surface area contributed by atoms with E-state index in [2.05, 4.69) is 46.7 Å². The number of likely N-dealkylation sites (tertiary alicyclic amines) is 1. The van der Waals surface area contributed by atoms with E-state index < -0.39 is 0 Å². The van der Waals surface area contributed by atoms with E-state index in [4.69, 9.17) is 0 Å². The van der Waals surface area contributed by atoms with E-state index in [1.165, 1.54) is 5.56 Å². The SMILES string of the molecule is CC(O)CCNC(=O)NC1CCN(Cc2ccccc2)CC1C. The highest BCUT2D eigenvalue weighted by Gasteiger charge is 2.27. The summed E-state index contributed by atoms with van der Waals surface area (Å²) in [6.07, 6.45) is 1.17. The zero-order valence-electron chi connectivity index (χ0n) is 14.2. The standard InChI is InChI=1S/C18H29N3O2/c1-14-12-21(13-16-6-4-3-5-7-16)11-9-17(14)20-18(23)19-10-8-15(2)22/h3-7,14-15,17,22H,8-13H2,1-2H3,(H2,19,20,23). The van der Waals surface area contributed by atoms with Crippen molar-refractivity contribution >= 4 is 6.03 Å². The number of amides is 2. The Hall–Kier alpha value is -1.59. The van der Waals surface area contributed by atoms with Crippen LogP contribution in [0.2, 0.25) is 0 Å². The molecule has 1 aliphatic rings. The smallest absolute Gasteiger partial charge is 0.315 e. The van der Waals surface area contributed by atoms with Gasteiger partial charge in [-0.3, -0.25) is 4.90 Å². The van der Waals surface area contributed by atoms with Gasteiger partial charge in [0.15, 0.2) is 0 Å². The van der Waals surface area contributed by atoms with Gasteiger partial charge in [0.1, 0.15) is 0 Å². The van der Waals surface area contributed by atoms with Crippen LogP contribution in [0.25, 0.3) is 0 Å².